The number of hydrogen-bond acceptors (Lipinski definition) is 2. The summed E-state index contributed by atoms with van der Waals surface area (Å²) >= 11 is 0. The van der Waals surface area contributed by atoms with E-state index in [0.29, 0.717) is 0 Å². The molecule has 12 heavy (non-hydrogen) atoms. The lowest BCUT2D eigenvalue weighted by Crippen LogP contribution is -2.27. The Kier molecular flexibility index (Phi) is 5.52. The minimum Gasteiger partial charge on any atom is -0.472 e. The van der Waals surface area contributed by atoms with Crippen molar-refractivity contribution in [1.82, 2.24) is 5.32 Å². The molecule has 0 radical (unpaired) electrons. The summed E-state index contributed by atoms with van der Waals surface area (Å²) in [7, 11) is 0. The number of halogens is 1. The lowest BCUT2D eigenvalue weighted by atomic mass is 9.99. The molecule has 0 bridgehead atoms. The first-order valence-corrected chi connectivity index (χ1v) is 3.74. The number of rotatable bonds is 0. The van der Waals surface area contributed by atoms with E-state index in [0.717, 1.165) is 25.9 Å². The third-order valence-electron chi connectivity index (χ3n) is 1.72. The van der Waals surface area contributed by atoms with Gasteiger partial charge in [0.05, 0.1) is 0 Å². The molecule has 68 valence electrons. The Balaban J connectivity index is 0.00000121. The van der Waals surface area contributed by atoms with Crippen LogP contribution in [0.3, 0.4) is 0 Å². The highest BCUT2D eigenvalue weighted by Crippen LogP contribution is 2.08. The maximum Gasteiger partial charge on any atom is 0.381 e. The van der Waals surface area contributed by atoms with Gasteiger partial charge < -0.3 is 10.4 Å². The Morgan fingerprint density at radius 2 is 2.00 bits per heavy atom. The molecular formula is C8H12ClNO2. The fraction of sp³-hybridized carbons (Fsp3) is 0.625. The summed E-state index contributed by atoms with van der Waals surface area (Å²) in [4.78, 5) is 10.1. The summed E-state index contributed by atoms with van der Waals surface area (Å²) in [5.74, 6) is 4.15. The zero-order valence-electron chi connectivity index (χ0n) is 6.67. The van der Waals surface area contributed by atoms with Gasteiger partial charge in [0.15, 0.2) is 0 Å². The fourth-order valence-electron chi connectivity index (χ4n) is 1.13. The Hall–Kier alpha value is -0.720. The van der Waals surface area contributed by atoms with Gasteiger partial charge in [0.2, 0.25) is 0 Å². The zero-order valence-corrected chi connectivity index (χ0v) is 7.49. The van der Waals surface area contributed by atoms with E-state index < -0.39 is 5.97 Å². The van der Waals surface area contributed by atoms with Gasteiger partial charge in [-0.2, -0.15) is 0 Å². The van der Waals surface area contributed by atoms with E-state index in [9.17, 15) is 4.79 Å². The molecule has 2 N–H and O–H groups in total. The van der Waals surface area contributed by atoms with E-state index in [1.54, 1.807) is 0 Å². The second kappa shape index (κ2) is 5.87. The summed E-state index contributed by atoms with van der Waals surface area (Å²) in [5, 5.41) is 11.4. The lowest BCUT2D eigenvalue weighted by Gasteiger charge is -2.16. The highest BCUT2D eigenvalue weighted by atomic mass is 35.5. The van der Waals surface area contributed by atoms with Crippen molar-refractivity contribution in [3.63, 3.8) is 0 Å². The average Bonchev–Trinajstić information content (AvgIpc) is 2.03. The molecule has 4 heteroatoms. The van der Waals surface area contributed by atoms with Crippen LogP contribution in [-0.2, 0) is 4.79 Å². The standard InChI is InChI=1S/C8H11NO2.ClH/c10-8(11)2-1-7-3-5-9-6-4-7;/h7,9H,3-6H2,(H,10,11);1H. The predicted molar refractivity (Wildman–Crippen MR) is 48.3 cm³/mol. The molecule has 0 aromatic carbocycles. The van der Waals surface area contributed by atoms with Crippen LogP contribution in [0.4, 0.5) is 0 Å². The molecule has 0 spiro atoms. The highest BCUT2D eigenvalue weighted by molar-refractivity contribution is 5.86. The van der Waals surface area contributed by atoms with E-state index in [1.807, 2.05) is 0 Å². The monoisotopic (exact) mass is 189 g/mol. The van der Waals surface area contributed by atoms with Crippen LogP contribution in [0.2, 0.25) is 0 Å². The molecule has 0 aromatic rings. The van der Waals surface area contributed by atoms with Crippen molar-refractivity contribution in [2.45, 2.75) is 12.8 Å². The van der Waals surface area contributed by atoms with Crippen LogP contribution < -0.4 is 5.32 Å². The van der Waals surface area contributed by atoms with E-state index in [-0.39, 0.29) is 18.3 Å². The van der Waals surface area contributed by atoms with Crippen LogP contribution >= 0.6 is 12.4 Å². The smallest absolute Gasteiger partial charge is 0.381 e. The molecule has 3 nitrogen and oxygen atoms in total. The second-order valence-corrected chi connectivity index (χ2v) is 2.60. The number of carboxylic acids is 1. The number of carbonyl (C=O) groups is 1. The first-order valence-electron chi connectivity index (χ1n) is 3.74. The molecule has 1 heterocycles. The average molecular weight is 190 g/mol. The third kappa shape index (κ3) is 4.22. The van der Waals surface area contributed by atoms with E-state index >= 15 is 0 Å². The van der Waals surface area contributed by atoms with Gasteiger partial charge in [-0.1, -0.05) is 5.92 Å². The van der Waals surface area contributed by atoms with Gasteiger partial charge >= 0.3 is 5.97 Å². The van der Waals surface area contributed by atoms with E-state index in [4.69, 9.17) is 5.11 Å². The third-order valence-corrected chi connectivity index (χ3v) is 1.72. The SMILES string of the molecule is Cl.O=C(O)C#CC1CCNCC1. The quantitative estimate of drug-likeness (QED) is 0.546. The molecule has 0 aromatic heterocycles. The van der Waals surface area contributed by atoms with Gasteiger partial charge in [-0.25, -0.2) is 4.79 Å². The van der Waals surface area contributed by atoms with E-state index in [1.165, 1.54) is 0 Å². The normalized spacial score (nSPS) is 17.0. The summed E-state index contributed by atoms with van der Waals surface area (Å²) in [6.45, 7) is 1.91. The summed E-state index contributed by atoms with van der Waals surface area (Å²) in [6, 6.07) is 0. The molecule has 0 atom stereocenters. The number of carboxylic acid groups (broad SMARTS) is 1. The highest BCUT2D eigenvalue weighted by Gasteiger charge is 2.09. The van der Waals surface area contributed by atoms with Crippen molar-refractivity contribution in [1.29, 1.82) is 0 Å². The molecule has 1 fully saturated rings. The number of piperidine rings is 1. The minimum absolute atomic E-state index is 0. The van der Waals surface area contributed by atoms with Gasteiger partial charge in [-0.3, -0.25) is 0 Å². The minimum atomic E-state index is -1.02. The molecule has 0 saturated carbocycles. The molecule has 0 unspecified atom stereocenters. The van der Waals surface area contributed by atoms with Crippen LogP contribution in [0.5, 0.6) is 0 Å². The zero-order chi connectivity index (χ0) is 8.10. The van der Waals surface area contributed by atoms with Crippen molar-refractivity contribution in [3.8, 4) is 11.8 Å². The topological polar surface area (TPSA) is 49.3 Å². The van der Waals surface area contributed by atoms with Crippen LogP contribution in [0.25, 0.3) is 0 Å². The van der Waals surface area contributed by atoms with Gasteiger partial charge in [0, 0.05) is 11.8 Å². The first kappa shape index (κ1) is 11.3. The van der Waals surface area contributed by atoms with Gasteiger partial charge in [-0.05, 0) is 25.9 Å². The van der Waals surface area contributed by atoms with Crippen LogP contribution in [0.15, 0.2) is 0 Å². The maximum absolute atomic E-state index is 10.1. The Morgan fingerprint density at radius 1 is 1.42 bits per heavy atom. The number of hydrogen-bond donors (Lipinski definition) is 2. The predicted octanol–water partition coefficient (Wildman–Crippen LogP) is 0.496. The Bertz CT molecular complexity index is 201. The molecule has 0 amide bonds. The van der Waals surface area contributed by atoms with Crippen LogP contribution in [0, 0.1) is 17.8 Å². The van der Waals surface area contributed by atoms with Crippen molar-refractivity contribution >= 4 is 18.4 Å². The molecule has 1 aliphatic rings. The molecule has 1 rings (SSSR count). The molecular weight excluding hydrogens is 178 g/mol. The van der Waals surface area contributed by atoms with Crippen molar-refractivity contribution in [2.24, 2.45) is 5.92 Å². The van der Waals surface area contributed by atoms with Gasteiger partial charge in [0.1, 0.15) is 0 Å². The Morgan fingerprint density at radius 3 is 2.50 bits per heavy atom. The maximum atomic E-state index is 10.1. The summed E-state index contributed by atoms with van der Waals surface area (Å²) < 4.78 is 0. The van der Waals surface area contributed by atoms with Crippen LogP contribution in [0.1, 0.15) is 12.8 Å². The van der Waals surface area contributed by atoms with E-state index in [2.05, 4.69) is 17.2 Å². The fourth-order valence-corrected chi connectivity index (χ4v) is 1.13. The van der Waals surface area contributed by atoms with Gasteiger partial charge in [0.25, 0.3) is 0 Å². The van der Waals surface area contributed by atoms with Crippen molar-refractivity contribution < 1.29 is 9.90 Å². The van der Waals surface area contributed by atoms with Gasteiger partial charge in [-0.15, -0.1) is 12.4 Å². The van der Waals surface area contributed by atoms with Crippen molar-refractivity contribution in [3.05, 3.63) is 0 Å². The first-order chi connectivity index (χ1) is 5.29. The molecule has 1 aliphatic heterocycles. The number of aliphatic carboxylic acids is 1. The van der Waals surface area contributed by atoms with Crippen molar-refractivity contribution in [2.75, 3.05) is 13.1 Å². The summed E-state index contributed by atoms with van der Waals surface area (Å²) in [5.41, 5.74) is 0. The largest absolute Gasteiger partial charge is 0.472 e. The number of nitrogens with one attached hydrogen (secondary N) is 1. The summed E-state index contributed by atoms with van der Waals surface area (Å²) in [6.07, 6.45) is 1.94. The molecule has 1 saturated heterocycles. The second-order valence-electron chi connectivity index (χ2n) is 2.60. The van der Waals surface area contributed by atoms with Crippen LogP contribution in [-0.4, -0.2) is 24.2 Å². The molecule has 0 aliphatic carbocycles. The Labute approximate surface area is 77.9 Å². The lowest BCUT2D eigenvalue weighted by molar-refractivity contribution is -0.130.